The van der Waals surface area contributed by atoms with Gasteiger partial charge in [-0.05, 0) is 61.2 Å². The number of nitrogens with one attached hydrogen (secondary N) is 1. The van der Waals surface area contributed by atoms with Gasteiger partial charge in [0.05, 0.1) is 36.2 Å². The first kappa shape index (κ1) is 23.4. The smallest absolute Gasteiger partial charge is 0.339 e. The predicted octanol–water partition coefficient (Wildman–Crippen LogP) is 5.36. The molecule has 0 aliphatic heterocycles. The average Bonchev–Trinajstić information content (AvgIpc) is 3.56. The van der Waals surface area contributed by atoms with Crippen LogP contribution in [0, 0.1) is 0 Å². The number of fused-ring (bicyclic) bond motifs is 2. The molecule has 36 heavy (non-hydrogen) atoms. The molecule has 1 atom stereocenters. The number of esters is 1. The molecule has 7 nitrogen and oxygen atoms in total. The van der Waals surface area contributed by atoms with Gasteiger partial charge in [-0.3, -0.25) is 4.79 Å². The van der Waals surface area contributed by atoms with Crippen LogP contribution in [0.3, 0.4) is 0 Å². The van der Waals surface area contributed by atoms with Crippen molar-refractivity contribution < 1.29 is 23.5 Å². The number of allylic oxidation sites excluding steroid dienone is 1. The van der Waals surface area contributed by atoms with E-state index in [1.165, 1.54) is 0 Å². The third-order valence-corrected chi connectivity index (χ3v) is 6.32. The summed E-state index contributed by atoms with van der Waals surface area (Å²) in [5.41, 5.74) is 4.61. The Morgan fingerprint density at radius 2 is 1.89 bits per heavy atom. The highest BCUT2D eigenvalue weighted by Crippen LogP contribution is 2.37. The maximum atomic E-state index is 13.3. The molecule has 2 aromatic heterocycles. The Labute approximate surface area is 208 Å². The second-order valence-corrected chi connectivity index (χ2v) is 8.62. The number of benzene rings is 2. The van der Waals surface area contributed by atoms with Crippen LogP contribution in [0.2, 0.25) is 0 Å². The number of amides is 1. The first-order valence-electron chi connectivity index (χ1n) is 11.8. The molecule has 7 heteroatoms. The number of carbonyl (C=O) groups is 2. The van der Waals surface area contributed by atoms with E-state index in [1.54, 1.807) is 13.4 Å². The first-order valence-corrected chi connectivity index (χ1v) is 11.8. The lowest BCUT2D eigenvalue weighted by Gasteiger charge is -2.17. The molecular formula is C29H26N2O5. The molecule has 0 saturated heterocycles. The summed E-state index contributed by atoms with van der Waals surface area (Å²) in [6, 6.07) is 18.3. The van der Waals surface area contributed by atoms with Crippen molar-refractivity contribution in [1.29, 1.82) is 0 Å². The lowest BCUT2D eigenvalue weighted by Crippen LogP contribution is -2.31. The van der Waals surface area contributed by atoms with Crippen molar-refractivity contribution in [2.75, 3.05) is 13.7 Å². The van der Waals surface area contributed by atoms with Gasteiger partial charge in [0.1, 0.15) is 11.5 Å². The van der Waals surface area contributed by atoms with Crippen LogP contribution in [0.4, 0.5) is 0 Å². The number of hydrogen-bond donors (Lipinski definition) is 1. The van der Waals surface area contributed by atoms with Gasteiger partial charge in [0.15, 0.2) is 6.61 Å². The fourth-order valence-corrected chi connectivity index (χ4v) is 4.65. The normalized spacial score (nSPS) is 14.4. The summed E-state index contributed by atoms with van der Waals surface area (Å²) in [5.74, 6) is 0.483. The van der Waals surface area contributed by atoms with Gasteiger partial charge in [-0.1, -0.05) is 36.4 Å². The third-order valence-electron chi connectivity index (χ3n) is 6.32. The van der Waals surface area contributed by atoms with Crippen LogP contribution >= 0.6 is 0 Å². The van der Waals surface area contributed by atoms with Crippen LogP contribution in [0.5, 0.6) is 5.75 Å². The van der Waals surface area contributed by atoms with Crippen LogP contribution in [0.1, 0.15) is 52.3 Å². The summed E-state index contributed by atoms with van der Waals surface area (Å²) >= 11 is 0. The number of pyridine rings is 1. The van der Waals surface area contributed by atoms with Gasteiger partial charge in [0.25, 0.3) is 5.91 Å². The molecule has 182 valence electrons. The van der Waals surface area contributed by atoms with Gasteiger partial charge in [-0.25, -0.2) is 9.78 Å². The molecule has 0 radical (unpaired) electrons. The van der Waals surface area contributed by atoms with Crippen molar-refractivity contribution in [1.82, 2.24) is 10.3 Å². The highest BCUT2D eigenvalue weighted by Gasteiger charge is 2.28. The number of hydrogen-bond acceptors (Lipinski definition) is 6. The van der Waals surface area contributed by atoms with Gasteiger partial charge >= 0.3 is 5.97 Å². The lowest BCUT2D eigenvalue weighted by atomic mass is 10.0. The summed E-state index contributed by atoms with van der Waals surface area (Å²) in [5, 5.41) is 3.58. The largest absolute Gasteiger partial charge is 0.496 e. The number of furan rings is 1. The molecule has 0 bridgehead atoms. The standard InChI is InChI=1S/C29H26N2O5/c1-18(21-9-4-6-12-25(21)34-2)30-26(32)17-36-29(33)27-22-10-3-5-11-24(22)31-28-19(13-14-23(27)28)16-20-8-7-15-35-20/h3-12,15-16,18H,13-14,17H2,1-2H3,(H,30,32)/b19-16+. The summed E-state index contributed by atoms with van der Waals surface area (Å²) in [4.78, 5) is 30.8. The van der Waals surface area contributed by atoms with Crippen molar-refractivity contribution in [2.24, 2.45) is 0 Å². The Hall–Kier alpha value is -4.39. The summed E-state index contributed by atoms with van der Waals surface area (Å²) in [7, 11) is 1.59. The molecule has 1 aliphatic carbocycles. The Morgan fingerprint density at radius 3 is 2.69 bits per heavy atom. The van der Waals surface area contributed by atoms with Gasteiger partial charge in [0.2, 0.25) is 0 Å². The minimum absolute atomic E-state index is 0.312. The zero-order valence-electron chi connectivity index (χ0n) is 20.1. The molecule has 0 saturated carbocycles. The minimum atomic E-state index is -0.538. The van der Waals surface area contributed by atoms with E-state index in [2.05, 4.69) is 5.32 Å². The highest BCUT2D eigenvalue weighted by atomic mass is 16.5. The second-order valence-electron chi connectivity index (χ2n) is 8.62. The first-order chi connectivity index (χ1) is 17.5. The van der Waals surface area contributed by atoms with Crippen molar-refractivity contribution in [3.8, 4) is 5.75 Å². The minimum Gasteiger partial charge on any atom is -0.496 e. The quantitative estimate of drug-likeness (QED) is 0.357. The number of methoxy groups -OCH3 is 1. The van der Waals surface area contributed by atoms with Crippen LogP contribution in [-0.4, -0.2) is 30.6 Å². The van der Waals surface area contributed by atoms with Crippen molar-refractivity contribution in [2.45, 2.75) is 25.8 Å². The Balaban J connectivity index is 1.37. The molecule has 1 unspecified atom stereocenters. The van der Waals surface area contributed by atoms with Gasteiger partial charge < -0.3 is 19.2 Å². The highest BCUT2D eigenvalue weighted by molar-refractivity contribution is 6.07. The number of para-hydroxylation sites is 2. The van der Waals surface area contributed by atoms with Crippen LogP contribution < -0.4 is 10.1 Å². The predicted molar refractivity (Wildman–Crippen MR) is 136 cm³/mol. The fraction of sp³-hybridized carbons (Fsp3) is 0.207. The third kappa shape index (κ3) is 4.60. The molecule has 1 N–H and O–H groups in total. The lowest BCUT2D eigenvalue weighted by molar-refractivity contribution is -0.124. The number of aromatic nitrogens is 1. The molecule has 1 amide bonds. The average molecular weight is 483 g/mol. The zero-order valence-corrected chi connectivity index (χ0v) is 20.1. The fourth-order valence-electron chi connectivity index (χ4n) is 4.65. The number of carbonyl (C=O) groups excluding carboxylic acids is 2. The second kappa shape index (κ2) is 10.1. The molecule has 2 aromatic carbocycles. The maximum absolute atomic E-state index is 13.3. The summed E-state index contributed by atoms with van der Waals surface area (Å²) < 4.78 is 16.4. The topological polar surface area (TPSA) is 90.7 Å². The van der Waals surface area contributed by atoms with E-state index in [9.17, 15) is 9.59 Å². The van der Waals surface area contributed by atoms with Gasteiger partial charge in [-0.2, -0.15) is 0 Å². The van der Waals surface area contributed by atoms with Crippen LogP contribution in [0.25, 0.3) is 22.6 Å². The summed E-state index contributed by atoms with van der Waals surface area (Å²) in [6.07, 6.45) is 4.96. The van der Waals surface area contributed by atoms with E-state index in [0.29, 0.717) is 28.6 Å². The SMILES string of the molecule is COc1ccccc1C(C)NC(=O)COC(=O)c1c2c(nc3ccccc13)/C(=C/c1ccco1)CC2. The molecular weight excluding hydrogens is 456 g/mol. The molecule has 4 aromatic rings. The number of nitrogens with zero attached hydrogens (tertiary/aromatic N) is 1. The van der Waals surface area contributed by atoms with Gasteiger partial charge in [-0.15, -0.1) is 0 Å². The molecule has 0 fully saturated rings. The molecule has 2 heterocycles. The van der Waals surface area contributed by atoms with E-state index < -0.39 is 18.5 Å². The molecule has 0 spiro atoms. The number of ether oxygens (including phenoxy) is 2. The Kier molecular flexibility index (Phi) is 6.54. The monoisotopic (exact) mass is 482 g/mol. The van der Waals surface area contributed by atoms with Crippen molar-refractivity contribution in [3.63, 3.8) is 0 Å². The molecule has 1 aliphatic rings. The van der Waals surface area contributed by atoms with Crippen LogP contribution in [0.15, 0.2) is 71.3 Å². The van der Waals surface area contributed by atoms with E-state index in [0.717, 1.165) is 34.6 Å². The van der Waals surface area contributed by atoms with Gasteiger partial charge in [0, 0.05) is 10.9 Å². The van der Waals surface area contributed by atoms with E-state index in [1.807, 2.05) is 73.7 Å². The van der Waals surface area contributed by atoms with E-state index in [4.69, 9.17) is 18.9 Å². The zero-order chi connectivity index (χ0) is 25.1. The van der Waals surface area contributed by atoms with Crippen LogP contribution in [-0.2, 0) is 16.0 Å². The molecule has 5 rings (SSSR count). The maximum Gasteiger partial charge on any atom is 0.339 e. The van der Waals surface area contributed by atoms with Crippen molar-refractivity contribution >= 4 is 34.4 Å². The van der Waals surface area contributed by atoms with E-state index in [-0.39, 0.29) is 6.04 Å². The van der Waals surface area contributed by atoms with E-state index >= 15 is 0 Å². The van der Waals surface area contributed by atoms with Crippen molar-refractivity contribution in [3.05, 3.63) is 95.1 Å². The summed E-state index contributed by atoms with van der Waals surface area (Å²) in [6.45, 7) is 1.46. The Morgan fingerprint density at radius 1 is 1.08 bits per heavy atom. The Bertz CT molecular complexity index is 1460. The number of rotatable bonds is 7.